The SMILES string of the molecule is C#CC(C)Nc1ccc(C(C)(C)C)cc1. The zero-order valence-electron chi connectivity index (χ0n) is 9.96. The molecule has 15 heavy (non-hydrogen) atoms. The highest BCUT2D eigenvalue weighted by Crippen LogP contribution is 2.23. The molecule has 1 aromatic carbocycles. The highest BCUT2D eigenvalue weighted by Gasteiger charge is 2.12. The molecule has 1 aromatic rings. The van der Waals surface area contributed by atoms with Gasteiger partial charge in [0.05, 0.1) is 6.04 Å². The Labute approximate surface area is 92.9 Å². The minimum absolute atomic E-state index is 0.0745. The van der Waals surface area contributed by atoms with Crippen LogP contribution in [0, 0.1) is 12.3 Å². The van der Waals surface area contributed by atoms with Crippen LogP contribution in [0.2, 0.25) is 0 Å². The number of terminal acetylenes is 1. The van der Waals surface area contributed by atoms with Gasteiger partial charge < -0.3 is 5.32 Å². The van der Waals surface area contributed by atoms with Crippen molar-refractivity contribution in [1.29, 1.82) is 0 Å². The topological polar surface area (TPSA) is 12.0 Å². The van der Waals surface area contributed by atoms with Crippen molar-refractivity contribution in [2.75, 3.05) is 5.32 Å². The summed E-state index contributed by atoms with van der Waals surface area (Å²) in [5.41, 5.74) is 2.62. The summed E-state index contributed by atoms with van der Waals surface area (Å²) in [5, 5.41) is 3.23. The van der Waals surface area contributed by atoms with Crippen molar-refractivity contribution < 1.29 is 0 Å². The lowest BCUT2D eigenvalue weighted by Crippen LogP contribution is -2.13. The molecule has 0 aliphatic carbocycles. The van der Waals surface area contributed by atoms with Gasteiger partial charge in [0, 0.05) is 5.69 Å². The predicted octanol–water partition coefficient (Wildman–Crippen LogP) is 3.42. The lowest BCUT2D eigenvalue weighted by molar-refractivity contribution is 0.590. The van der Waals surface area contributed by atoms with Gasteiger partial charge in [0.25, 0.3) is 0 Å². The van der Waals surface area contributed by atoms with Gasteiger partial charge in [-0.25, -0.2) is 0 Å². The maximum absolute atomic E-state index is 5.31. The molecule has 1 unspecified atom stereocenters. The first kappa shape index (κ1) is 11.7. The molecule has 0 saturated carbocycles. The van der Waals surface area contributed by atoms with Gasteiger partial charge in [-0.3, -0.25) is 0 Å². The third-order valence-electron chi connectivity index (χ3n) is 2.38. The van der Waals surface area contributed by atoms with Crippen LogP contribution in [0.4, 0.5) is 5.69 Å². The first-order valence-electron chi connectivity index (χ1n) is 5.26. The fourth-order valence-corrected chi connectivity index (χ4v) is 1.36. The van der Waals surface area contributed by atoms with Crippen molar-refractivity contribution in [3.05, 3.63) is 29.8 Å². The minimum Gasteiger partial charge on any atom is -0.372 e. The standard InChI is InChI=1S/C14H19N/c1-6-11(2)15-13-9-7-12(8-10-13)14(3,4)5/h1,7-11,15H,2-5H3. The van der Waals surface area contributed by atoms with Gasteiger partial charge in [-0.15, -0.1) is 6.42 Å². The third kappa shape index (κ3) is 3.32. The number of hydrogen-bond donors (Lipinski definition) is 1. The molecular formula is C14H19N. The van der Waals surface area contributed by atoms with Crippen molar-refractivity contribution in [1.82, 2.24) is 0 Å². The lowest BCUT2D eigenvalue weighted by atomic mass is 9.87. The van der Waals surface area contributed by atoms with Crippen LogP contribution in [0.25, 0.3) is 0 Å². The zero-order valence-corrected chi connectivity index (χ0v) is 9.96. The van der Waals surface area contributed by atoms with Crippen LogP contribution in [0.1, 0.15) is 33.3 Å². The first-order valence-corrected chi connectivity index (χ1v) is 5.26. The van der Waals surface area contributed by atoms with Gasteiger partial charge in [-0.2, -0.15) is 0 Å². The van der Waals surface area contributed by atoms with Crippen LogP contribution in [0.5, 0.6) is 0 Å². The van der Waals surface area contributed by atoms with Gasteiger partial charge in [0.2, 0.25) is 0 Å². The molecule has 0 fully saturated rings. The van der Waals surface area contributed by atoms with Crippen LogP contribution in [-0.4, -0.2) is 6.04 Å². The van der Waals surface area contributed by atoms with Crippen LogP contribution in [0.15, 0.2) is 24.3 Å². The highest BCUT2D eigenvalue weighted by atomic mass is 14.9. The van der Waals surface area contributed by atoms with E-state index < -0.39 is 0 Å². The van der Waals surface area contributed by atoms with Crippen molar-refractivity contribution in [2.45, 2.75) is 39.2 Å². The Hall–Kier alpha value is -1.42. The molecule has 1 rings (SSSR count). The molecular weight excluding hydrogens is 182 g/mol. The minimum atomic E-state index is 0.0745. The van der Waals surface area contributed by atoms with E-state index in [0.717, 1.165) is 5.69 Å². The Morgan fingerprint density at radius 2 is 1.73 bits per heavy atom. The average molecular weight is 201 g/mol. The van der Waals surface area contributed by atoms with Crippen molar-refractivity contribution >= 4 is 5.69 Å². The van der Waals surface area contributed by atoms with Crippen molar-refractivity contribution in [3.63, 3.8) is 0 Å². The van der Waals surface area contributed by atoms with Gasteiger partial charge in [-0.1, -0.05) is 38.8 Å². The molecule has 0 heterocycles. The summed E-state index contributed by atoms with van der Waals surface area (Å²) in [6.45, 7) is 8.59. The second-order valence-electron chi connectivity index (χ2n) is 4.86. The van der Waals surface area contributed by atoms with E-state index >= 15 is 0 Å². The molecule has 1 N–H and O–H groups in total. The summed E-state index contributed by atoms with van der Waals surface area (Å²) >= 11 is 0. The summed E-state index contributed by atoms with van der Waals surface area (Å²) < 4.78 is 0. The highest BCUT2D eigenvalue weighted by molar-refractivity contribution is 5.47. The van der Waals surface area contributed by atoms with E-state index in [2.05, 4.69) is 56.3 Å². The van der Waals surface area contributed by atoms with Gasteiger partial charge in [0.1, 0.15) is 0 Å². The Morgan fingerprint density at radius 1 is 1.20 bits per heavy atom. The molecule has 0 radical (unpaired) electrons. The van der Waals surface area contributed by atoms with E-state index in [1.165, 1.54) is 5.56 Å². The van der Waals surface area contributed by atoms with Crippen molar-refractivity contribution in [3.8, 4) is 12.3 Å². The number of benzene rings is 1. The monoisotopic (exact) mass is 201 g/mol. The fraction of sp³-hybridized carbons (Fsp3) is 0.429. The van der Waals surface area contributed by atoms with E-state index in [1.807, 2.05) is 6.92 Å². The number of hydrogen-bond acceptors (Lipinski definition) is 1. The first-order chi connectivity index (χ1) is 6.93. The number of nitrogens with one attached hydrogen (secondary N) is 1. The molecule has 0 saturated heterocycles. The van der Waals surface area contributed by atoms with E-state index in [1.54, 1.807) is 0 Å². The van der Waals surface area contributed by atoms with E-state index in [9.17, 15) is 0 Å². The van der Waals surface area contributed by atoms with Crippen LogP contribution >= 0.6 is 0 Å². The van der Waals surface area contributed by atoms with E-state index in [0.29, 0.717) is 0 Å². The second-order valence-corrected chi connectivity index (χ2v) is 4.86. The largest absolute Gasteiger partial charge is 0.372 e. The van der Waals surface area contributed by atoms with E-state index in [-0.39, 0.29) is 11.5 Å². The Balaban J connectivity index is 2.78. The molecule has 80 valence electrons. The number of anilines is 1. The summed E-state index contributed by atoms with van der Waals surface area (Å²) in [6.07, 6.45) is 5.31. The normalized spacial score (nSPS) is 13.0. The predicted molar refractivity (Wildman–Crippen MR) is 67.1 cm³/mol. The number of rotatable bonds is 2. The maximum atomic E-state index is 5.31. The smallest absolute Gasteiger partial charge is 0.0845 e. The molecule has 1 heteroatoms. The fourth-order valence-electron chi connectivity index (χ4n) is 1.36. The molecule has 1 atom stereocenters. The second kappa shape index (κ2) is 4.40. The molecule has 0 aliphatic heterocycles. The molecule has 1 nitrogen and oxygen atoms in total. The molecule has 0 aliphatic rings. The molecule has 0 spiro atoms. The van der Waals surface area contributed by atoms with Gasteiger partial charge in [0.15, 0.2) is 0 Å². The van der Waals surface area contributed by atoms with Crippen LogP contribution in [-0.2, 0) is 5.41 Å². The molecule has 0 amide bonds. The van der Waals surface area contributed by atoms with Crippen molar-refractivity contribution in [2.24, 2.45) is 0 Å². The maximum Gasteiger partial charge on any atom is 0.0845 e. The molecule has 0 bridgehead atoms. The lowest BCUT2D eigenvalue weighted by Gasteiger charge is -2.19. The summed E-state index contributed by atoms with van der Waals surface area (Å²) in [5.74, 6) is 2.65. The Kier molecular flexibility index (Phi) is 3.42. The van der Waals surface area contributed by atoms with E-state index in [4.69, 9.17) is 6.42 Å². The Morgan fingerprint density at radius 3 is 2.13 bits per heavy atom. The van der Waals surface area contributed by atoms with Crippen LogP contribution in [0.3, 0.4) is 0 Å². The quantitative estimate of drug-likeness (QED) is 0.723. The summed E-state index contributed by atoms with van der Waals surface area (Å²) in [4.78, 5) is 0. The molecule has 0 aromatic heterocycles. The Bertz CT molecular complexity index is 348. The zero-order chi connectivity index (χ0) is 11.5. The van der Waals surface area contributed by atoms with Crippen LogP contribution < -0.4 is 5.32 Å². The van der Waals surface area contributed by atoms with Gasteiger partial charge >= 0.3 is 0 Å². The van der Waals surface area contributed by atoms with Gasteiger partial charge in [-0.05, 0) is 30.0 Å². The summed E-state index contributed by atoms with van der Waals surface area (Å²) in [7, 11) is 0. The average Bonchev–Trinajstić information content (AvgIpc) is 2.17. The summed E-state index contributed by atoms with van der Waals surface area (Å²) in [6, 6.07) is 8.52. The third-order valence-corrected chi connectivity index (χ3v) is 2.38.